The zero-order chi connectivity index (χ0) is 19.2. The first-order valence-electron chi connectivity index (χ1n) is 8.88. The van der Waals surface area contributed by atoms with Crippen LogP contribution in [0.15, 0.2) is 18.2 Å². The van der Waals surface area contributed by atoms with Crippen LogP contribution in [0, 0.1) is 3.82 Å². The molecule has 27 heavy (non-hydrogen) atoms. The van der Waals surface area contributed by atoms with Crippen molar-refractivity contribution in [2.75, 3.05) is 44.9 Å². The fourth-order valence-corrected chi connectivity index (χ4v) is 7.08. The lowest BCUT2D eigenvalue weighted by Gasteiger charge is -2.44. The first-order valence-corrected chi connectivity index (χ1v) is 11.4. The lowest BCUT2D eigenvalue weighted by molar-refractivity contribution is -0.121. The number of amides is 1. The summed E-state index contributed by atoms with van der Waals surface area (Å²) in [5.41, 5.74) is 2.53. The number of carbonyl (C=O) groups is 1. The fourth-order valence-electron chi connectivity index (χ4n) is 3.80. The monoisotopic (exact) mass is 422 g/mol. The van der Waals surface area contributed by atoms with E-state index >= 15 is 0 Å². The summed E-state index contributed by atoms with van der Waals surface area (Å²) in [5, 5.41) is 0. The van der Waals surface area contributed by atoms with Gasteiger partial charge in [0.1, 0.15) is 9.57 Å². The van der Waals surface area contributed by atoms with E-state index in [0.717, 1.165) is 44.4 Å². The molecule has 144 valence electrons. The smallest absolute Gasteiger partial charge is 0.241 e. The number of carbonyl (C=O) groups excluding carboxylic acids is 1. The molecule has 0 atom stereocenters. The molecule has 0 unspecified atom stereocenters. The Labute approximate surface area is 171 Å². The van der Waals surface area contributed by atoms with Gasteiger partial charge in [-0.05, 0) is 32.0 Å². The zero-order valence-electron chi connectivity index (χ0n) is 15.6. The molecule has 3 heterocycles. The average Bonchev–Trinajstić information content (AvgIpc) is 3.05. The predicted octanol–water partition coefficient (Wildman–Crippen LogP) is 4.13. The number of nitrogens with zero attached hydrogens (tertiary/aromatic N) is 2. The van der Waals surface area contributed by atoms with E-state index in [0.29, 0.717) is 19.8 Å². The van der Waals surface area contributed by atoms with E-state index in [1.165, 1.54) is 0 Å². The Balaban J connectivity index is 1.80. The minimum atomic E-state index is -0.446. The molecular formula is C19H22N2O3S3. The van der Waals surface area contributed by atoms with Crippen molar-refractivity contribution in [3.05, 3.63) is 26.9 Å². The number of hydrogen-bond acceptors (Lipinski definition) is 7. The molecule has 8 heteroatoms. The quantitative estimate of drug-likeness (QED) is 0.550. The Kier molecular flexibility index (Phi) is 5.11. The van der Waals surface area contributed by atoms with E-state index in [-0.39, 0.29) is 5.91 Å². The van der Waals surface area contributed by atoms with Crippen LogP contribution >= 0.6 is 32.9 Å². The van der Waals surface area contributed by atoms with Gasteiger partial charge in [0.25, 0.3) is 0 Å². The average molecular weight is 423 g/mol. The van der Waals surface area contributed by atoms with E-state index in [1.54, 1.807) is 27.8 Å². The molecule has 0 bridgehead atoms. The minimum absolute atomic E-state index is 0.100. The third kappa shape index (κ3) is 3.23. The van der Waals surface area contributed by atoms with Crippen molar-refractivity contribution in [3.8, 4) is 16.9 Å². The second-order valence-corrected chi connectivity index (χ2v) is 10.0. The molecule has 0 saturated carbocycles. The summed E-state index contributed by atoms with van der Waals surface area (Å²) >= 11 is 5.63. The molecule has 1 aromatic carbocycles. The van der Waals surface area contributed by atoms with Crippen molar-refractivity contribution in [1.29, 1.82) is 0 Å². The Morgan fingerprint density at radius 3 is 2.74 bits per heavy atom. The number of fused-ring (bicyclic) bond motifs is 3. The first-order chi connectivity index (χ1) is 12.9. The van der Waals surface area contributed by atoms with Crippen molar-refractivity contribution < 1.29 is 14.3 Å². The Hall–Kier alpha value is -1.32. The van der Waals surface area contributed by atoms with E-state index in [1.807, 2.05) is 23.1 Å². The molecule has 1 amide bonds. The van der Waals surface area contributed by atoms with Gasteiger partial charge in [-0.15, -0.1) is 0 Å². The van der Waals surface area contributed by atoms with Crippen LogP contribution in [0.5, 0.6) is 5.75 Å². The van der Waals surface area contributed by atoms with Crippen LogP contribution in [0.3, 0.4) is 0 Å². The second-order valence-electron chi connectivity index (χ2n) is 7.22. The van der Waals surface area contributed by atoms with Crippen molar-refractivity contribution in [2.24, 2.45) is 0 Å². The topological polar surface area (TPSA) is 42.0 Å². The lowest BCUT2D eigenvalue weighted by Crippen LogP contribution is -2.52. The van der Waals surface area contributed by atoms with Crippen molar-refractivity contribution in [2.45, 2.75) is 19.4 Å². The minimum Gasteiger partial charge on any atom is -0.497 e. The van der Waals surface area contributed by atoms with Gasteiger partial charge in [-0.2, -0.15) is 0 Å². The number of hydrogen-bond donors (Lipinski definition) is 0. The van der Waals surface area contributed by atoms with E-state index < -0.39 is 5.54 Å². The van der Waals surface area contributed by atoms with Gasteiger partial charge in [0.05, 0.1) is 43.0 Å². The molecule has 0 N–H and O–H groups in total. The molecule has 5 nitrogen and oxygen atoms in total. The van der Waals surface area contributed by atoms with Gasteiger partial charge >= 0.3 is 0 Å². The van der Waals surface area contributed by atoms with Crippen molar-refractivity contribution in [1.82, 2.24) is 4.90 Å². The summed E-state index contributed by atoms with van der Waals surface area (Å²) in [6.07, 6.45) is 0. The molecule has 2 aromatic rings. The van der Waals surface area contributed by atoms with E-state index in [4.69, 9.17) is 21.7 Å². The van der Waals surface area contributed by atoms with Gasteiger partial charge in [0.2, 0.25) is 5.91 Å². The molecule has 0 radical (unpaired) electrons. The maximum atomic E-state index is 13.4. The summed E-state index contributed by atoms with van der Waals surface area (Å²) in [4.78, 5) is 18.7. The number of morpholine rings is 1. The molecule has 1 aromatic heterocycles. The highest BCUT2D eigenvalue weighted by atomic mass is 32.9. The molecule has 2 aliphatic rings. The van der Waals surface area contributed by atoms with E-state index in [2.05, 4.69) is 18.7 Å². The third-order valence-electron chi connectivity index (χ3n) is 5.17. The number of ether oxygens (including phenoxy) is 2. The highest BCUT2D eigenvalue weighted by molar-refractivity contribution is 7.80. The summed E-state index contributed by atoms with van der Waals surface area (Å²) in [6.45, 7) is 7.54. The number of rotatable bonds is 3. The molecule has 1 fully saturated rings. The summed E-state index contributed by atoms with van der Waals surface area (Å²) in [5.74, 6) is 0.869. The Bertz CT molecular complexity index is 929. The molecular weight excluding hydrogens is 400 g/mol. The van der Waals surface area contributed by atoms with Gasteiger partial charge < -0.3 is 14.4 Å². The summed E-state index contributed by atoms with van der Waals surface area (Å²) in [6, 6.07) is 5.88. The van der Waals surface area contributed by atoms with Crippen molar-refractivity contribution >= 4 is 44.5 Å². The van der Waals surface area contributed by atoms with Crippen LogP contribution in [-0.4, -0.2) is 50.8 Å². The van der Waals surface area contributed by atoms with Crippen LogP contribution < -0.4 is 9.64 Å². The highest BCUT2D eigenvalue weighted by Gasteiger charge is 2.43. The van der Waals surface area contributed by atoms with Gasteiger partial charge in [-0.3, -0.25) is 9.69 Å². The Morgan fingerprint density at radius 2 is 2.04 bits per heavy atom. The third-order valence-corrected chi connectivity index (χ3v) is 8.50. The fraction of sp³-hybridized carbons (Fsp3) is 0.474. The SMILES string of the molecule is COc1ccc2c(c1)-c1c(ssc1=S)C(C)(C)N2C(=O)CN1CCOCC1. The molecule has 2 aliphatic heterocycles. The molecule has 0 aliphatic carbocycles. The Morgan fingerprint density at radius 1 is 1.30 bits per heavy atom. The maximum absolute atomic E-state index is 13.4. The van der Waals surface area contributed by atoms with Gasteiger partial charge in [-0.25, -0.2) is 0 Å². The number of anilines is 1. The maximum Gasteiger partial charge on any atom is 0.241 e. The van der Waals surface area contributed by atoms with Crippen molar-refractivity contribution in [3.63, 3.8) is 0 Å². The van der Waals surface area contributed by atoms with Crippen LogP contribution in [0.4, 0.5) is 5.69 Å². The second kappa shape index (κ2) is 7.25. The highest BCUT2D eigenvalue weighted by Crippen LogP contribution is 2.52. The molecule has 1 saturated heterocycles. The number of methoxy groups -OCH3 is 1. The number of benzene rings is 1. The molecule has 4 rings (SSSR count). The standard InChI is InChI=1S/C19H22N2O3S3/c1-19(2)17-16(18(25)27-26-17)13-10-12(23-3)4-5-14(13)21(19)15(22)11-20-6-8-24-9-7-20/h4-5,10H,6-9,11H2,1-3H3. The van der Waals surface area contributed by atoms with Gasteiger partial charge in [0, 0.05) is 24.2 Å². The zero-order valence-corrected chi connectivity index (χ0v) is 18.1. The lowest BCUT2D eigenvalue weighted by atomic mass is 9.87. The van der Waals surface area contributed by atoms with Crippen LogP contribution in [-0.2, 0) is 15.1 Å². The predicted molar refractivity (Wildman–Crippen MR) is 113 cm³/mol. The van der Waals surface area contributed by atoms with Crippen LogP contribution in [0.25, 0.3) is 11.1 Å². The van der Waals surface area contributed by atoms with Crippen LogP contribution in [0.1, 0.15) is 18.7 Å². The first kappa shape index (κ1) is 19.0. The summed E-state index contributed by atoms with van der Waals surface area (Å²) < 4.78 is 11.7. The van der Waals surface area contributed by atoms with Gasteiger partial charge in [0.15, 0.2) is 0 Å². The largest absolute Gasteiger partial charge is 0.497 e. The van der Waals surface area contributed by atoms with Crippen LogP contribution in [0.2, 0.25) is 0 Å². The normalized spacial score (nSPS) is 18.7. The van der Waals surface area contributed by atoms with E-state index in [9.17, 15) is 4.79 Å². The van der Waals surface area contributed by atoms with Gasteiger partial charge in [-0.1, -0.05) is 32.9 Å². The summed E-state index contributed by atoms with van der Waals surface area (Å²) in [7, 11) is 4.93. The molecule has 0 spiro atoms.